The van der Waals surface area contributed by atoms with Crippen molar-refractivity contribution >= 4 is 0 Å². The summed E-state index contributed by atoms with van der Waals surface area (Å²) in [5.41, 5.74) is 0. The van der Waals surface area contributed by atoms with Crippen LogP contribution in [0.15, 0.2) is 0 Å². The van der Waals surface area contributed by atoms with Crippen molar-refractivity contribution in [1.29, 1.82) is 0 Å². The molecule has 30 nitrogen and oxygen atoms in total. The fourth-order valence-electron chi connectivity index (χ4n) is 0.577. The van der Waals surface area contributed by atoms with Crippen molar-refractivity contribution in [2.24, 2.45) is 0 Å². The first-order valence-electron chi connectivity index (χ1n) is 4.46. The minimum absolute atomic E-state index is 0. The number of rotatable bonds is 4. The zero-order valence-corrected chi connectivity index (χ0v) is 39.9. The van der Waals surface area contributed by atoms with Crippen LogP contribution in [0.5, 0.6) is 0 Å². The largest absolute Gasteiger partial charge is 2.00 e. The van der Waals surface area contributed by atoms with E-state index in [1.807, 2.05) is 0 Å². The van der Waals surface area contributed by atoms with Gasteiger partial charge in [0.05, 0.1) is 26.2 Å². The van der Waals surface area contributed by atoms with Crippen molar-refractivity contribution in [3.63, 3.8) is 0 Å². The molecule has 38 heteroatoms. The van der Waals surface area contributed by atoms with Gasteiger partial charge in [-0.2, -0.15) is 0 Å². The van der Waals surface area contributed by atoms with E-state index in [2.05, 4.69) is 38.3 Å². The average Bonchev–Trinajstić information content (AvgIpc) is 1.93. The number of quaternary nitrogens is 4. The summed E-state index contributed by atoms with van der Waals surface area (Å²) in [6.45, 7) is 13.5. The van der Waals surface area contributed by atoms with Crippen LogP contribution < -0.4 is 22.9 Å². The number of nitrogens with two attached hydrogens (primary N) is 2. The topological polar surface area (TPSA) is 847 Å². The van der Waals surface area contributed by atoms with Gasteiger partial charge in [-0.25, -0.2) is 0 Å². The Hall–Kier alpha value is 4.31. The van der Waals surface area contributed by atoms with Gasteiger partial charge in [-0.05, 0) is 27.7 Å². The van der Waals surface area contributed by atoms with E-state index in [1.165, 1.54) is 26.2 Å². The Morgan fingerprint density at radius 3 is 0.239 bits per heavy atom. The molecule has 0 bridgehead atoms. The molecule has 0 saturated heterocycles. The van der Waals surface area contributed by atoms with E-state index in [0.717, 1.165) is 0 Å². The molecule has 0 aromatic carbocycles. The summed E-state index contributed by atoms with van der Waals surface area (Å²) >= 11 is 0. The van der Waals surface area contributed by atoms with Gasteiger partial charge < -0.3 is 165 Å². The zero-order chi connectivity index (χ0) is 8.24. The maximum atomic E-state index is 2.25. The molecule has 0 fully saturated rings. The molecule has 0 saturated carbocycles. The first-order chi connectivity index (χ1) is 4.83. The van der Waals surface area contributed by atoms with E-state index in [9.17, 15) is 0 Å². The molecule has 0 unspecified atom stereocenters. The maximum absolute atomic E-state index is 2.25. The van der Waals surface area contributed by atoms with Gasteiger partial charge in [0.2, 0.25) is 0 Å². The first kappa shape index (κ1) is 808. The third-order valence-corrected chi connectivity index (χ3v) is 1.15. The summed E-state index contributed by atoms with van der Waals surface area (Å²) in [5.74, 6) is 0. The summed E-state index contributed by atoms with van der Waals surface area (Å²) in [7, 11) is 0. The van der Waals surface area contributed by atoms with Crippen LogP contribution >= 0.6 is 0 Å². The molecule has 0 radical (unpaired) electrons. The van der Waals surface area contributed by atoms with Gasteiger partial charge in [0.15, 0.2) is 0 Å². The van der Waals surface area contributed by atoms with E-state index in [-0.39, 0.29) is 323 Å². The van der Waals surface area contributed by atoms with Crippen LogP contribution in [0.4, 0.5) is 0 Å². The SMILES string of the molecule is CC[NH2+]CC.CC[NH2+]CC.[Mo].[Mo].[Mo].[Mo].[Mo].[Mo].[Mo].[Mo].[NH4+].[NH4+].[O-2].[O-2].[O-2].[O-2].[O-2].[O-2].[O-2].[O-2].[O-2].[O-2].[O-2].[O-2].[O-2].[O-2].[O-2].[O-2].[O-2].[O-2].[O-2].[O-2].[O-2].[O-2].[O-2].[O-2].[O-2].[O-2]. The summed E-state index contributed by atoms with van der Waals surface area (Å²) in [6.07, 6.45) is 0. The van der Waals surface area contributed by atoms with Crippen molar-refractivity contribution in [1.82, 2.24) is 12.3 Å². The second kappa shape index (κ2) is 1080. The second-order valence-corrected chi connectivity index (χ2v) is 2.21. The van der Waals surface area contributed by atoms with Crippen LogP contribution in [0.25, 0.3) is 0 Å². The Labute approximate surface area is 383 Å². The van der Waals surface area contributed by atoms with Crippen LogP contribution in [0.2, 0.25) is 0 Å². The Morgan fingerprint density at radius 1 is 0.196 bits per heavy atom. The number of hydrogen-bond donors (Lipinski definition) is 4. The fraction of sp³-hybridized carbons (Fsp3) is 1.00. The molecule has 0 atom stereocenters. The standard InChI is InChI=1S/2C4H11N.8Mo.2H3N.26O/c2*1-3-5-4-2;;;;;;;;;;;;;;;;;;;;;;;;;;;;;;;;;;;;/h2*5H,3-4H2,1-2H3;;;;;;;;;2*1H3;;;;;;;;;;;;;;;;;;;;;;;;;;/q;;;;;;;;;;;;26*-2/p+4. The van der Waals surface area contributed by atoms with Crippen LogP contribution in [0, 0.1) is 0 Å². The van der Waals surface area contributed by atoms with E-state index in [1.54, 1.807) is 0 Å². The third kappa shape index (κ3) is 1570. The molecule has 0 aliphatic carbocycles. The monoisotopic (exact) mass is 1380 g/mol. The van der Waals surface area contributed by atoms with E-state index >= 15 is 0 Å². The average molecular weight is 1370 g/mol. The summed E-state index contributed by atoms with van der Waals surface area (Å²) < 4.78 is 0. The Balaban J connectivity index is -0.000000000434. The molecule has 0 rings (SSSR count). The van der Waals surface area contributed by atoms with Crippen molar-refractivity contribution in [3.8, 4) is 0 Å². The van der Waals surface area contributed by atoms with Crippen LogP contribution in [0.1, 0.15) is 27.7 Å². The molecule has 336 valence electrons. The predicted octanol–water partition coefficient (Wildman–Crippen LogP) is -3.18. The maximum Gasteiger partial charge on any atom is 0.0726 e. The van der Waals surface area contributed by atoms with Crippen LogP contribution in [0.3, 0.4) is 0 Å². The Bertz CT molecular complexity index is 96.9. The first-order valence-corrected chi connectivity index (χ1v) is 4.46. The minimum atomic E-state index is 0. The summed E-state index contributed by atoms with van der Waals surface area (Å²) in [5, 5.41) is 4.50. The van der Waals surface area contributed by atoms with Gasteiger partial charge in [0.1, 0.15) is 0 Å². The molecule has 0 aromatic heterocycles. The van der Waals surface area contributed by atoms with Crippen molar-refractivity contribution < 1.29 is 322 Å². The molecular weight excluding hydrogens is 1340 g/mol. The van der Waals surface area contributed by atoms with E-state index in [4.69, 9.17) is 0 Å². The van der Waals surface area contributed by atoms with E-state index in [0.29, 0.717) is 0 Å². The van der Waals surface area contributed by atoms with Gasteiger partial charge >= 0.3 is 0 Å². The molecule has 0 aliphatic rings. The minimum Gasteiger partial charge on any atom is -2.00 e. The van der Waals surface area contributed by atoms with Crippen molar-refractivity contribution in [2.75, 3.05) is 26.2 Å². The molecule has 0 amide bonds. The van der Waals surface area contributed by atoms with Gasteiger partial charge in [0.25, 0.3) is 0 Å². The van der Waals surface area contributed by atoms with Crippen molar-refractivity contribution in [2.45, 2.75) is 27.7 Å². The fourth-order valence-corrected chi connectivity index (χ4v) is 0.577. The quantitative estimate of drug-likeness (QED) is 0.203. The normalized spacial score (nSPS) is 1.83. The molecular formula is C8H32Mo8N4O26-48. The Kier molecular flexibility index (Phi) is 19000. The number of hydrogen-bond acceptors (Lipinski definition) is 0. The molecule has 0 aliphatic heterocycles. The van der Waals surface area contributed by atoms with Crippen LogP contribution in [-0.4, -0.2) is 26.2 Å². The third-order valence-electron chi connectivity index (χ3n) is 1.15. The second-order valence-electron chi connectivity index (χ2n) is 2.21. The van der Waals surface area contributed by atoms with Gasteiger partial charge in [-0.1, -0.05) is 0 Å². The molecule has 12 N–H and O–H groups in total. The van der Waals surface area contributed by atoms with Gasteiger partial charge in [0, 0.05) is 169 Å². The zero-order valence-electron chi connectivity index (χ0n) is 23.9. The summed E-state index contributed by atoms with van der Waals surface area (Å²) in [6, 6.07) is 0. The summed E-state index contributed by atoms with van der Waals surface area (Å²) in [4.78, 5) is 0. The van der Waals surface area contributed by atoms with E-state index < -0.39 is 0 Å². The van der Waals surface area contributed by atoms with Gasteiger partial charge in [-0.15, -0.1) is 0 Å². The molecule has 0 heterocycles. The predicted molar refractivity (Wildman–Crippen MR) is 75.8 cm³/mol. The van der Waals surface area contributed by atoms with Crippen molar-refractivity contribution in [3.05, 3.63) is 0 Å². The molecule has 0 aromatic rings. The van der Waals surface area contributed by atoms with Crippen LogP contribution in [-0.2, 0) is 311 Å². The molecule has 0 spiro atoms. The Morgan fingerprint density at radius 2 is 0.239 bits per heavy atom. The molecule has 46 heavy (non-hydrogen) atoms. The smallest absolute Gasteiger partial charge is 0.0726 e. The van der Waals surface area contributed by atoms with Gasteiger partial charge in [-0.3, -0.25) is 0 Å².